The molecule has 38 heavy (non-hydrogen) atoms. The number of thiophene rings is 1. The van der Waals surface area contributed by atoms with Crippen molar-refractivity contribution < 1.29 is 0 Å². The highest BCUT2D eigenvalue weighted by molar-refractivity contribution is 7.26. The summed E-state index contributed by atoms with van der Waals surface area (Å²) in [5.41, 5.74) is 5.13. The molecule has 0 spiro atoms. The molecule has 3 nitrogen and oxygen atoms in total. The summed E-state index contributed by atoms with van der Waals surface area (Å²) in [6.07, 6.45) is 0. The van der Waals surface area contributed by atoms with Crippen molar-refractivity contribution in [2.75, 3.05) is 0 Å². The Labute approximate surface area is 229 Å². The molecular formula is C33H20ClN3S. The number of hydrogen-bond acceptors (Lipinski definition) is 4. The van der Waals surface area contributed by atoms with E-state index >= 15 is 0 Å². The van der Waals surface area contributed by atoms with E-state index in [1.165, 1.54) is 0 Å². The number of halogens is 1. The standard InChI is InChI=1S/C33H20ClN3S/c34-28-19-9-17-26-25-16-8-18-27(29(25)38-30(26)28)33-36-31(22-12-5-2-6-13-22)35-32(37-33)24-15-7-14-23(20-24)21-10-3-1-4-11-21/h1-20H. The van der Waals surface area contributed by atoms with Gasteiger partial charge in [-0.3, -0.25) is 0 Å². The maximum absolute atomic E-state index is 6.57. The van der Waals surface area contributed by atoms with E-state index in [2.05, 4.69) is 72.8 Å². The summed E-state index contributed by atoms with van der Waals surface area (Å²) >= 11 is 8.25. The van der Waals surface area contributed by atoms with Crippen molar-refractivity contribution in [3.63, 3.8) is 0 Å². The zero-order chi connectivity index (χ0) is 25.5. The average molecular weight is 526 g/mol. The first-order valence-electron chi connectivity index (χ1n) is 12.3. The second-order valence-electron chi connectivity index (χ2n) is 9.02. The Morgan fingerprint density at radius 1 is 0.447 bits per heavy atom. The third-order valence-electron chi connectivity index (χ3n) is 6.61. The second kappa shape index (κ2) is 9.49. The van der Waals surface area contributed by atoms with Crippen LogP contribution < -0.4 is 0 Å². The van der Waals surface area contributed by atoms with Crippen molar-refractivity contribution in [2.24, 2.45) is 0 Å². The first-order chi connectivity index (χ1) is 18.7. The number of aromatic nitrogens is 3. The number of hydrogen-bond donors (Lipinski definition) is 0. The Morgan fingerprint density at radius 3 is 1.76 bits per heavy atom. The highest BCUT2D eigenvalue weighted by atomic mass is 35.5. The Morgan fingerprint density at radius 2 is 1.00 bits per heavy atom. The first-order valence-corrected chi connectivity index (χ1v) is 13.5. The second-order valence-corrected chi connectivity index (χ2v) is 10.4. The van der Waals surface area contributed by atoms with Crippen LogP contribution in [-0.4, -0.2) is 15.0 Å². The van der Waals surface area contributed by atoms with Crippen LogP contribution in [0, 0.1) is 0 Å². The van der Waals surface area contributed by atoms with E-state index in [1.807, 2.05) is 48.5 Å². The minimum absolute atomic E-state index is 0.641. The van der Waals surface area contributed by atoms with Gasteiger partial charge in [-0.25, -0.2) is 15.0 Å². The molecule has 0 aliphatic carbocycles. The Bertz CT molecular complexity index is 1930. The minimum Gasteiger partial charge on any atom is -0.208 e. The maximum atomic E-state index is 6.57. The van der Waals surface area contributed by atoms with Crippen molar-refractivity contribution in [1.29, 1.82) is 0 Å². The van der Waals surface area contributed by atoms with Crippen molar-refractivity contribution >= 4 is 43.1 Å². The molecule has 0 bridgehead atoms. The SMILES string of the molecule is Clc1cccc2c1sc1c(-c3nc(-c4ccccc4)nc(-c4cccc(-c5ccccc5)c4)n3)cccc12. The fraction of sp³-hybridized carbons (Fsp3) is 0. The fourth-order valence-electron chi connectivity index (χ4n) is 4.77. The van der Waals surface area contributed by atoms with Crippen molar-refractivity contribution in [1.82, 2.24) is 15.0 Å². The van der Waals surface area contributed by atoms with Crippen LogP contribution in [0.2, 0.25) is 5.02 Å². The molecule has 7 rings (SSSR count). The minimum atomic E-state index is 0.641. The van der Waals surface area contributed by atoms with Gasteiger partial charge in [0.15, 0.2) is 17.5 Å². The quantitative estimate of drug-likeness (QED) is 0.229. The van der Waals surface area contributed by atoms with Gasteiger partial charge in [0.2, 0.25) is 0 Å². The maximum Gasteiger partial charge on any atom is 0.165 e. The molecule has 180 valence electrons. The largest absolute Gasteiger partial charge is 0.208 e. The van der Waals surface area contributed by atoms with Gasteiger partial charge >= 0.3 is 0 Å². The van der Waals surface area contributed by atoms with Crippen LogP contribution in [0.15, 0.2) is 121 Å². The van der Waals surface area contributed by atoms with Gasteiger partial charge in [-0.1, -0.05) is 115 Å². The van der Waals surface area contributed by atoms with Crippen molar-refractivity contribution in [2.45, 2.75) is 0 Å². The van der Waals surface area contributed by atoms with Crippen LogP contribution >= 0.6 is 22.9 Å². The van der Waals surface area contributed by atoms with Crippen molar-refractivity contribution in [3.05, 3.63) is 126 Å². The van der Waals surface area contributed by atoms with Gasteiger partial charge in [-0.2, -0.15) is 0 Å². The topological polar surface area (TPSA) is 38.7 Å². The van der Waals surface area contributed by atoms with E-state index in [0.717, 1.165) is 53.0 Å². The summed E-state index contributed by atoms with van der Waals surface area (Å²) in [6, 6.07) is 41.1. The predicted octanol–water partition coefficient (Wildman–Crippen LogP) is 9.56. The molecule has 2 aromatic heterocycles. The number of rotatable bonds is 4. The van der Waals surface area contributed by atoms with E-state index in [1.54, 1.807) is 11.3 Å². The molecular weight excluding hydrogens is 506 g/mol. The first kappa shape index (κ1) is 22.8. The summed E-state index contributed by atoms with van der Waals surface area (Å²) in [7, 11) is 0. The lowest BCUT2D eigenvalue weighted by atomic mass is 10.0. The molecule has 0 amide bonds. The number of benzene rings is 5. The molecule has 0 saturated carbocycles. The van der Waals surface area contributed by atoms with Gasteiger partial charge in [-0.15, -0.1) is 11.3 Å². The molecule has 0 aliphatic rings. The van der Waals surface area contributed by atoms with E-state index in [9.17, 15) is 0 Å². The van der Waals surface area contributed by atoms with Crippen LogP contribution in [0.5, 0.6) is 0 Å². The molecule has 7 aromatic rings. The van der Waals surface area contributed by atoms with E-state index in [-0.39, 0.29) is 0 Å². The molecule has 0 atom stereocenters. The summed E-state index contributed by atoms with van der Waals surface area (Å²) in [6.45, 7) is 0. The molecule has 0 radical (unpaired) electrons. The molecule has 0 saturated heterocycles. The van der Waals surface area contributed by atoms with E-state index in [4.69, 9.17) is 26.6 Å². The van der Waals surface area contributed by atoms with Gasteiger partial charge in [0.25, 0.3) is 0 Å². The molecule has 5 heteroatoms. The molecule has 2 heterocycles. The summed E-state index contributed by atoms with van der Waals surface area (Å²) in [4.78, 5) is 14.9. The van der Waals surface area contributed by atoms with E-state index < -0.39 is 0 Å². The summed E-state index contributed by atoms with van der Waals surface area (Å²) < 4.78 is 2.19. The van der Waals surface area contributed by atoms with Gasteiger partial charge in [-0.05, 0) is 29.3 Å². The zero-order valence-corrected chi connectivity index (χ0v) is 21.7. The highest BCUT2D eigenvalue weighted by Crippen LogP contribution is 2.42. The van der Waals surface area contributed by atoms with Gasteiger partial charge < -0.3 is 0 Å². The number of fused-ring (bicyclic) bond motifs is 3. The lowest BCUT2D eigenvalue weighted by Crippen LogP contribution is -2.00. The normalized spacial score (nSPS) is 11.3. The molecule has 0 aliphatic heterocycles. The Hall–Kier alpha value is -4.38. The smallest absolute Gasteiger partial charge is 0.165 e. The van der Waals surface area contributed by atoms with Crippen LogP contribution in [0.1, 0.15) is 0 Å². The van der Waals surface area contributed by atoms with Crippen LogP contribution in [0.4, 0.5) is 0 Å². The third-order valence-corrected chi connectivity index (χ3v) is 8.33. The van der Waals surface area contributed by atoms with Gasteiger partial charge in [0.05, 0.1) is 9.72 Å². The van der Waals surface area contributed by atoms with Crippen LogP contribution in [0.3, 0.4) is 0 Å². The Balaban J connectivity index is 1.46. The molecule has 5 aromatic carbocycles. The summed E-state index contributed by atoms with van der Waals surface area (Å²) in [5, 5.41) is 3.06. The zero-order valence-electron chi connectivity index (χ0n) is 20.2. The monoisotopic (exact) mass is 525 g/mol. The van der Waals surface area contributed by atoms with Gasteiger partial charge in [0, 0.05) is 32.2 Å². The third kappa shape index (κ3) is 4.04. The highest BCUT2D eigenvalue weighted by Gasteiger charge is 2.17. The molecule has 0 unspecified atom stereocenters. The fourth-order valence-corrected chi connectivity index (χ4v) is 6.28. The van der Waals surface area contributed by atoms with Crippen LogP contribution in [0.25, 0.3) is 65.5 Å². The molecule has 0 fully saturated rings. The van der Waals surface area contributed by atoms with Gasteiger partial charge in [0.1, 0.15) is 0 Å². The van der Waals surface area contributed by atoms with Crippen molar-refractivity contribution in [3.8, 4) is 45.3 Å². The average Bonchev–Trinajstić information content (AvgIpc) is 3.38. The lowest BCUT2D eigenvalue weighted by Gasteiger charge is -2.10. The number of nitrogens with zero attached hydrogens (tertiary/aromatic N) is 3. The lowest BCUT2D eigenvalue weighted by molar-refractivity contribution is 1.08. The predicted molar refractivity (Wildman–Crippen MR) is 159 cm³/mol. The summed E-state index contributed by atoms with van der Waals surface area (Å²) in [5.74, 6) is 1.93. The Kier molecular flexibility index (Phi) is 5.69. The van der Waals surface area contributed by atoms with E-state index in [0.29, 0.717) is 17.5 Å². The van der Waals surface area contributed by atoms with Crippen LogP contribution in [-0.2, 0) is 0 Å². The molecule has 0 N–H and O–H groups in total.